The van der Waals surface area contributed by atoms with E-state index in [4.69, 9.17) is 9.84 Å². The summed E-state index contributed by atoms with van der Waals surface area (Å²) in [6, 6.07) is 0. The van der Waals surface area contributed by atoms with Crippen LogP contribution >= 0.6 is 0 Å². The molecule has 1 rings (SSSR count). The van der Waals surface area contributed by atoms with Crippen LogP contribution in [0, 0.1) is 0 Å². The number of hydrogen-bond acceptors (Lipinski definition) is 3. The van der Waals surface area contributed by atoms with Gasteiger partial charge in [0.1, 0.15) is 0 Å². The Balaban J connectivity index is 1.95. The standard InChI is InChI=1S/C7H15NO2/c1-2-10-7-5-8(6-7)3-4-9/h7,9H,2-6H2,1H3. The zero-order valence-electron chi connectivity index (χ0n) is 6.42. The predicted octanol–water partition coefficient (Wildman–Crippen LogP) is -0.301. The molecule has 0 bridgehead atoms. The maximum Gasteiger partial charge on any atom is 0.0828 e. The molecule has 0 spiro atoms. The Kier molecular flexibility index (Phi) is 3.12. The Labute approximate surface area is 61.6 Å². The monoisotopic (exact) mass is 145 g/mol. The summed E-state index contributed by atoms with van der Waals surface area (Å²) in [4.78, 5) is 2.18. The summed E-state index contributed by atoms with van der Waals surface area (Å²) in [5.74, 6) is 0. The number of likely N-dealkylation sites (tertiary alicyclic amines) is 1. The van der Waals surface area contributed by atoms with Gasteiger partial charge < -0.3 is 9.84 Å². The number of ether oxygens (including phenoxy) is 1. The third-order valence-corrected chi connectivity index (χ3v) is 1.74. The van der Waals surface area contributed by atoms with E-state index in [1.54, 1.807) is 0 Å². The molecular formula is C7H15NO2. The van der Waals surface area contributed by atoms with Gasteiger partial charge in [0, 0.05) is 26.2 Å². The van der Waals surface area contributed by atoms with E-state index in [0.29, 0.717) is 6.10 Å². The Bertz CT molecular complexity index is 81.6. The quantitative estimate of drug-likeness (QED) is 0.589. The third-order valence-electron chi connectivity index (χ3n) is 1.74. The van der Waals surface area contributed by atoms with Gasteiger partial charge in [0.15, 0.2) is 0 Å². The number of aliphatic hydroxyl groups excluding tert-OH is 1. The van der Waals surface area contributed by atoms with Gasteiger partial charge in [-0.05, 0) is 6.92 Å². The van der Waals surface area contributed by atoms with E-state index in [0.717, 1.165) is 26.2 Å². The maximum atomic E-state index is 8.54. The molecule has 1 N–H and O–H groups in total. The molecule has 1 heterocycles. The molecule has 0 atom stereocenters. The summed E-state index contributed by atoms with van der Waals surface area (Å²) < 4.78 is 5.33. The highest BCUT2D eigenvalue weighted by Crippen LogP contribution is 2.09. The molecule has 60 valence electrons. The van der Waals surface area contributed by atoms with Crippen molar-refractivity contribution in [2.24, 2.45) is 0 Å². The Morgan fingerprint density at radius 3 is 2.80 bits per heavy atom. The van der Waals surface area contributed by atoms with Gasteiger partial charge in [0.25, 0.3) is 0 Å². The molecule has 0 amide bonds. The molecule has 1 aliphatic rings. The molecule has 1 aliphatic heterocycles. The number of hydrogen-bond donors (Lipinski definition) is 1. The largest absolute Gasteiger partial charge is 0.395 e. The lowest BCUT2D eigenvalue weighted by Crippen LogP contribution is -2.52. The van der Waals surface area contributed by atoms with Gasteiger partial charge >= 0.3 is 0 Å². The van der Waals surface area contributed by atoms with Crippen LogP contribution in [-0.2, 0) is 4.74 Å². The highest BCUT2D eigenvalue weighted by Gasteiger charge is 2.25. The van der Waals surface area contributed by atoms with Gasteiger partial charge in [0.2, 0.25) is 0 Å². The van der Waals surface area contributed by atoms with Crippen molar-refractivity contribution < 1.29 is 9.84 Å². The van der Waals surface area contributed by atoms with Crippen molar-refractivity contribution in [3.05, 3.63) is 0 Å². The van der Waals surface area contributed by atoms with Gasteiger partial charge in [0.05, 0.1) is 12.7 Å². The fourth-order valence-electron chi connectivity index (χ4n) is 1.19. The van der Waals surface area contributed by atoms with Crippen molar-refractivity contribution in [1.82, 2.24) is 4.90 Å². The molecule has 1 saturated heterocycles. The molecule has 0 aromatic rings. The van der Waals surface area contributed by atoms with E-state index in [1.165, 1.54) is 0 Å². The maximum absolute atomic E-state index is 8.54. The molecule has 0 aliphatic carbocycles. The molecule has 0 radical (unpaired) electrons. The Morgan fingerprint density at radius 2 is 2.30 bits per heavy atom. The van der Waals surface area contributed by atoms with Crippen molar-refractivity contribution in [3.63, 3.8) is 0 Å². The van der Waals surface area contributed by atoms with Gasteiger partial charge in [-0.2, -0.15) is 0 Å². The molecule has 3 nitrogen and oxygen atoms in total. The van der Waals surface area contributed by atoms with Crippen LogP contribution in [0.3, 0.4) is 0 Å². The van der Waals surface area contributed by atoms with Crippen molar-refractivity contribution >= 4 is 0 Å². The first kappa shape index (κ1) is 7.98. The summed E-state index contributed by atoms with van der Waals surface area (Å²) in [6.45, 7) is 5.86. The second-order valence-electron chi connectivity index (χ2n) is 2.56. The third kappa shape index (κ3) is 1.94. The normalized spacial score (nSPS) is 21.0. The average Bonchev–Trinajstić information content (AvgIpc) is 1.84. The lowest BCUT2D eigenvalue weighted by molar-refractivity contribution is -0.0536. The minimum absolute atomic E-state index is 0.263. The summed E-state index contributed by atoms with van der Waals surface area (Å²) in [7, 11) is 0. The van der Waals surface area contributed by atoms with Gasteiger partial charge in [-0.25, -0.2) is 0 Å². The summed E-state index contributed by atoms with van der Waals surface area (Å²) in [5, 5.41) is 8.54. The van der Waals surface area contributed by atoms with E-state index in [9.17, 15) is 0 Å². The number of aliphatic hydroxyl groups is 1. The Morgan fingerprint density at radius 1 is 1.60 bits per heavy atom. The second kappa shape index (κ2) is 3.91. The molecule has 0 unspecified atom stereocenters. The molecule has 0 aromatic carbocycles. The predicted molar refractivity (Wildman–Crippen MR) is 38.9 cm³/mol. The average molecular weight is 145 g/mol. The second-order valence-corrected chi connectivity index (χ2v) is 2.56. The molecule has 10 heavy (non-hydrogen) atoms. The van der Waals surface area contributed by atoms with Crippen LogP contribution in [0.15, 0.2) is 0 Å². The topological polar surface area (TPSA) is 32.7 Å². The molecule has 0 aromatic heterocycles. The Hall–Kier alpha value is -0.120. The highest BCUT2D eigenvalue weighted by molar-refractivity contribution is 4.79. The molecule has 0 saturated carbocycles. The molecular weight excluding hydrogens is 130 g/mol. The summed E-state index contributed by atoms with van der Waals surface area (Å²) in [5.41, 5.74) is 0. The SMILES string of the molecule is CCOC1CN(CCO)C1. The zero-order valence-corrected chi connectivity index (χ0v) is 6.42. The van der Waals surface area contributed by atoms with Crippen LogP contribution in [0.5, 0.6) is 0 Å². The van der Waals surface area contributed by atoms with E-state index >= 15 is 0 Å². The number of rotatable bonds is 4. The van der Waals surface area contributed by atoms with E-state index in [1.807, 2.05) is 6.92 Å². The fourth-order valence-corrected chi connectivity index (χ4v) is 1.19. The number of β-amino-alcohol motifs (C(OH)–C–C–N with tert-alkyl or cyclic N) is 1. The smallest absolute Gasteiger partial charge is 0.0828 e. The lowest BCUT2D eigenvalue weighted by atomic mass is 10.2. The van der Waals surface area contributed by atoms with Crippen LogP contribution in [-0.4, -0.2) is 49.0 Å². The van der Waals surface area contributed by atoms with Crippen LogP contribution < -0.4 is 0 Å². The van der Waals surface area contributed by atoms with Crippen LogP contribution in [0.4, 0.5) is 0 Å². The van der Waals surface area contributed by atoms with Crippen LogP contribution in [0.1, 0.15) is 6.92 Å². The van der Waals surface area contributed by atoms with E-state index < -0.39 is 0 Å². The zero-order chi connectivity index (χ0) is 7.40. The first-order chi connectivity index (χ1) is 4.86. The first-order valence-corrected chi connectivity index (χ1v) is 3.81. The highest BCUT2D eigenvalue weighted by atomic mass is 16.5. The van der Waals surface area contributed by atoms with E-state index in [2.05, 4.69) is 4.90 Å². The van der Waals surface area contributed by atoms with Gasteiger partial charge in [-0.15, -0.1) is 0 Å². The van der Waals surface area contributed by atoms with Crippen LogP contribution in [0.2, 0.25) is 0 Å². The van der Waals surface area contributed by atoms with Crippen LogP contribution in [0.25, 0.3) is 0 Å². The lowest BCUT2D eigenvalue weighted by Gasteiger charge is -2.38. The fraction of sp³-hybridized carbons (Fsp3) is 1.00. The van der Waals surface area contributed by atoms with Gasteiger partial charge in [-0.3, -0.25) is 4.90 Å². The molecule has 1 fully saturated rings. The first-order valence-electron chi connectivity index (χ1n) is 3.81. The van der Waals surface area contributed by atoms with Crippen molar-refractivity contribution in [2.45, 2.75) is 13.0 Å². The van der Waals surface area contributed by atoms with Crippen molar-refractivity contribution in [1.29, 1.82) is 0 Å². The minimum atomic E-state index is 0.263. The number of nitrogens with zero attached hydrogens (tertiary/aromatic N) is 1. The molecule has 3 heteroatoms. The summed E-state index contributed by atoms with van der Waals surface area (Å²) >= 11 is 0. The summed E-state index contributed by atoms with van der Waals surface area (Å²) in [6.07, 6.45) is 0.427. The van der Waals surface area contributed by atoms with Crippen molar-refractivity contribution in [3.8, 4) is 0 Å². The minimum Gasteiger partial charge on any atom is -0.395 e. The van der Waals surface area contributed by atoms with Crippen molar-refractivity contribution in [2.75, 3.05) is 32.8 Å². The van der Waals surface area contributed by atoms with Gasteiger partial charge in [-0.1, -0.05) is 0 Å². The van der Waals surface area contributed by atoms with E-state index in [-0.39, 0.29) is 6.61 Å².